The van der Waals surface area contributed by atoms with Crippen molar-refractivity contribution in [3.05, 3.63) is 29.8 Å². The SMILES string of the molecule is COCCNC(=O)CNC(=O)c1ccccc1OC(F)F. The highest BCUT2D eigenvalue weighted by atomic mass is 19.3. The van der Waals surface area contributed by atoms with Crippen molar-refractivity contribution in [2.24, 2.45) is 0 Å². The Morgan fingerprint density at radius 2 is 1.95 bits per heavy atom. The second-order valence-corrected chi connectivity index (χ2v) is 3.90. The van der Waals surface area contributed by atoms with Crippen LogP contribution in [-0.2, 0) is 9.53 Å². The second-order valence-electron chi connectivity index (χ2n) is 3.90. The zero-order chi connectivity index (χ0) is 15.7. The fourth-order valence-corrected chi connectivity index (χ4v) is 1.46. The molecule has 2 N–H and O–H groups in total. The van der Waals surface area contributed by atoms with Gasteiger partial charge < -0.3 is 20.1 Å². The Morgan fingerprint density at radius 3 is 2.62 bits per heavy atom. The number of hydrogen-bond acceptors (Lipinski definition) is 4. The first-order chi connectivity index (χ1) is 10.0. The van der Waals surface area contributed by atoms with E-state index in [-0.39, 0.29) is 17.9 Å². The van der Waals surface area contributed by atoms with Crippen LogP contribution in [0, 0.1) is 0 Å². The topological polar surface area (TPSA) is 76.7 Å². The van der Waals surface area contributed by atoms with Crippen LogP contribution in [0.5, 0.6) is 5.75 Å². The number of methoxy groups -OCH3 is 1. The lowest BCUT2D eigenvalue weighted by atomic mass is 10.2. The fourth-order valence-electron chi connectivity index (χ4n) is 1.46. The molecular weight excluding hydrogens is 286 g/mol. The first-order valence-electron chi connectivity index (χ1n) is 6.12. The predicted molar refractivity (Wildman–Crippen MR) is 70.3 cm³/mol. The Kier molecular flexibility index (Phi) is 7.10. The molecular formula is C13H16F2N2O4. The summed E-state index contributed by atoms with van der Waals surface area (Å²) in [6, 6.07) is 5.55. The van der Waals surface area contributed by atoms with Gasteiger partial charge in [-0.05, 0) is 12.1 Å². The van der Waals surface area contributed by atoms with Gasteiger partial charge in [-0.1, -0.05) is 12.1 Å². The molecule has 0 fully saturated rings. The summed E-state index contributed by atoms with van der Waals surface area (Å²) in [6.07, 6.45) is 0. The minimum Gasteiger partial charge on any atom is -0.434 e. The van der Waals surface area contributed by atoms with Crippen LogP contribution in [0.25, 0.3) is 0 Å². The van der Waals surface area contributed by atoms with E-state index in [9.17, 15) is 18.4 Å². The lowest BCUT2D eigenvalue weighted by molar-refractivity contribution is -0.120. The minimum absolute atomic E-state index is 0.0671. The van der Waals surface area contributed by atoms with E-state index >= 15 is 0 Å². The molecule has 2 amide bonds. The van der Waals surface area contributed by atoms with E-state index < -0.39 is 18.4 Å². The maximum atomic E-state index is 12.2. The van der Waals surface area contributed by atoms with E-state index in [2.05, 4.69) is 15.4 Å². The van der Waals surface area contributed by atoms with Crippen molar-refractivity contribution in [2.75, 3.05) is 26.8 Å². The Hall–Kier alpha value is -2.22. The second kappa shape index (κ2) is 8.85. The van der Waals surface area contributed by atoms with Gasteiger partial charge in [-0.2, -0.15) is 8.78 Å². The Labute approximate surface area is 120 Å². The number of alkyl halides is 2. The molecule has 0 aliphatic carbocycles. The normalized spacial score (nSPS) is 10.3. The number of ether oxygens (including phenoxy) is 2. The van der Waals surface area contributed by atoms with E-state index in [1.807, 2.05) is 0 Å². The van der Waals surface area contributed by atoms with E-state index in [1.54, 1.807) is 0 Å². The van der Waals surface area contributed by atoms with Crippen molar-refractivity contribution in [3.63, 3.8) is 0 Å². The number of rotatable bonds is 8. The number of halogens is 2. The van der Waals surface area contributed by atoms with Crippen LogP contribution in [0.4, 0.5) is 8.78 Å². The van der Waals surface area contributed by atoms with Gasteiger partial charge in [-0.25, -0.2) is 0 Å². The zero-order valence-electron chi connectivity index (χ0n) is 11.4. The van der Waals surface area contributed by atoms with Crippen LogP contribution < -0.4 is 15.4 Å². The first-order valence-corrected chi connectivity index (χ1v) is 6.12. The first kappa shape index (κ1) is 16.8. The lowest BCUT2D eigenvalue weighted by Crippen LogP contribution is -2.38. The molecule has 0 bridgehead atoms. The lowest BCUT2D eigenvalue weighted by Gasteiger charge is -2.11. The highest BCUT2D eigenvalue weighted by Crippen LogP contribution is 2.19. The summed E-state index contributed by atoms with van der Waals surface area (Å²) in [5.41, 5.74) is -0.0671. The summed E-state index contributed by atoms with van der Waals surface area (Å²) in [5.74, 6) is -1.33. The highest BCUT2D eigenvalue weighted by Gasteiger charge is 2.15. The molecule has 0 radical (unpaired) electrons. The highest BCUT2D eigenvalue weighted by molar-refractivity contribution is 5.98. The van der Waals surface area contributed by atoms with Gasteiger partial charge in [-0.3, -0.25) is 9.59 Å². The third-order valence-electron chi connectivity index (χ3n) is 2.39. The summed E-state index contributed by atoms with van der Waals surface area (Å²) in [5, 5.41) is 4.83. The van der Waals surface area contributed by atoms with Gasteiger partial charge in [0.15, 0.2) is 0 Å². The van der Waals surface area contributed by atoms with Gasteiger partial charge >= 0.3 is 6.61 Å². The molecule has 0 aliphatic heterocycles. The minimum atomic E-state index is -3.03. The number of hydrogen-bond donors (Lipinski definition) is 2. The van der Waals surface area contributed by atoms with Crippen molar-refractivity contribution in [1.82, 2.24) is 10.6 Å². The van der Waals surface area contributed by atoms with E-state index in [1.165, 1.54) is 31.4 Å². The summed E-state index contributed by atoms with van der Waals surface area (Å²) >= 11 is 0. The van der Waals surface area contributed by atoms with Crippen LogP contribution in [0.15, 0.2) is 24.3 Å². The number of carbonyl (C=O) groups is 2. The summed E-state index contributed by atoms with van der Waals surface area (Å²) in [4.78, 5) is 23.2. The summed E-state index contributed by atoms with van der Waals surface area (Å²) in [7, 11) is 1.49. The number of carbonyl (C=O) groups excluding carboxylic acids is 2. The molecule has 6 nitrogen and oxygen atoms in total. The average molecular weight is 302 g/mol. The molecule has 1 aromatic carbocycles. The molecule has 0 unspecified atom stereocenters. The Morgan fingerprint density at radius 1 is 1.24 bits per heavy atom. The summed E-state index contributed by atoms with van der Waals surface area (Å²) in [6.45, 7) is -2.64. The Balaban J connectivity index is 2.54. The van der Waals surface area contributed by atoms with Crippen molar-refractivity contribution in [3.8, 4) is 5.75 Å². The third kappa shape index (κ3) is 6.17. The average Bonchev–Trinajstić information content (AvgIpc) is 2.45. The number of nitrogens with one attached hydrogen (secondary N) is 2. The molecule has 1 rings (SSSR count). The number of para-hydroxylation sites is 1. The molecule has 0 aliphatic rings. The standard InChI is InChI=1S/C13H16F2N2O4/c1-20-7-6-16-11(18)8-17-12(19)9-4-2-3-5-10(9)21-13(14)15/h2-5,13H,6-8H2,1H3,(H,16,18)(H,17,19). The predicted octanol–water partition coefficient (Wildman–Crippen LogP) is 0.780. The monoisotopic (exact) mass is 302 g/mol. The molecule has 8 heteroatoms. The van der Waals surface area contributed by atoms with E-state index in [0.717, 1.165) is 0 Å². The smallest absolute Gasteiger partial charge is 0.387 e. The zero-order valence-corrected chi connectivity index (χ0v) is 11.4. The molecule has 1 aromatic rings. The van der Waals surface area contributed by atoms with Gasteiger partial charge in [0.05, 0.1) is 18.7 Å². The maximum absolute atomic E-state index is 12.2. The molecule has 0 saturated heterocycles. The van der Waals surface area contributed by atoms with Gasteiger partial charge in [0.25, 0.3) is 5.91 Å². The number of benzene rings is 1. The molecule has 0 aromatic heterocycles. The molecule has 116 valence electrons. The molecule has 0 atom stereocenters. The van der Waals surface area contributed by atoms with Gasteiger partial charge in [0, 0.05) is 13.7 Å². The fraction of sp³-hybridized carbons (Fsp3) is 0.385. The van der Waals surface area contributed by atoms with Crippen molar-refractivity contribution >= 4 is 11.8 Å². The van der Waals surface area contributed by atoms with E-state index in [0.29, 0.717) is 13.2 Å². The van der Waals surface area contributed by atoms with Crippen molar-refractivity contribution in [2.45, 2.75) is 6.61 Å². The van der Waals surface area contributed by atoms with Crippen LogP contribution in [-0.4, -0.2) is 45.2 Å². The molecule has 0 spiro atoms. The van der Waals surface area contributed by atoms with Crippen LogP contribution in [0.2, 0.25) is 0 Å². The van der Waals surface area contributed by atoms with Crippen LogP contribution in [0.3, 0.4) is 0 Å². The van der Waals surface area contributed by atoms with Crippen molar-refractivity contribution in [1.29, 1.82) is 0 Å². The Bertz CT molecular complexity index is 483. The van der Waals surface area contributed by atoms with Crippen LogP contribution >= 0.6 is 0 Å². The van der Waals surface area contributed by atoms with Gasteiger partial charge in [-0.15, -0.1) is 0 Å². The molecule has 0 heterocycles. The molecule has 21 heavy (non-hydrogen) atoms. The third-order valence-corrected chi connectivity index (χ3v) is 2.39. The maximum Gasteiger partial charge on any atom is 0.387 e. The van der Waals surface area contributed by atoms with Gasteiger partial charge in [0.2, 0.25) is 5.91 Å². The molecule has 0 saturated carbocycles. The van der Waals surface area contributed by atoms with Crippen molar-refractivity contribution < 1.29 is 27.8 Å². The van der Waals surface area contributed by atoms with E-state index in [4.69, 9.17) is 4.74 Å². The van der Waals surface area contributed by atoms with Crippen LogP contribution in [0.1, 0.15) is 10.4 Å². The number of amides is 2. The quantitative estimate of drug-likeness (QED) is 0.696. The van der Waals surface area contributed by atoms with Gasteiger partial charge in [0.1, 0.15) is 5.75 Å². The largest absolute Gasteiger partial charge is 0.434 e. The summed E-state index contributed by atoms with van der Waals surface area (Å²) < 4.78 is 33.4.